The zero-order valence-corrected chi connectivity index (χ0v) is 12.2. The number of rotatable bonds is 3. The second-order valence-corrected chi connectivity index (χ2v) is 6.52. The number of sulfonamides is 1. The van der Waals surface area contributed by atoms with E-state index < -0.39 is 10.0 Å². The normalized spacial score (nSPS) is 18.9. The Labute approximate surface area is 122 Å². The molecule has 1 unspecified atom stereocenters. The first-order valence-corrected chi connectivity index (χ1v) is 7.99. The highest BCUT2D eigenvalue weighted by atomic mass is 32.2. The summed E-state index contributed by atoms with van der Waals surface area (Å²) in [6.45, 7) is 1.95. The third kappa shape index (κ3) is 2.70. The molecule has 7 heteroatoms. The van der Waals surface area contributed by atoms with Crippen molar-refractivity contribution in [2.45, 2.75) is 24.3 Å². The first-order chi connectivity index (χ1) is 9.95. The lowest BCUT2D eigenvalue weighted by molar-refractivity contribution is 0.465. The maximum atomic E-state index is 11.3. The standard InChI is InChI=1S/C14H15N3O3S/c1-10-9-13(14-3-2-8-20-14)17(16-10)11-4-6-12(7-5-11)21(15,18)19/h2-8,13H,9H2,1H3,(H2,15,18,19). The Balaban J connectivity index is 1.94. The Hall–Kier alpha value is -2.12. The first-order valence-electron chi connectivity index (χ1n) is 6.45. The van der Waals surface area contributed by atoms with Gasteiger partial charge < -0.3 is 4.42 Å². The summed E-state index contributed by atoms with van der Waals surface area (Å²) < 4.78 is 28.0. The van der Waals surface area contributed by atoms with Gasteiger partial charge >= 0.3 is 0 Å². The van der Waals surface area contributed by atoms with E-state index in [2.05, 4.69) is 5.10 Å². The Kier molecular flexibility index (Phi) is 3.30. The molecule has 0 bridgehead atoms. The van der Waals surface area contributed by atoms with E-state index in [0.29, 0.717) is 0 Å². The zero-order valence-electron chi connectivity index (χ0n) is 11.4. The van der Waals surface area contributed by atoms with Crippen LogP contribution >= 0.6 is 0 Å². The minimum absolute atomic E-state index is 0.0136. The fourth-order valence-corrected chi connectivity index (χ4v) is 2.90. The molecule has 0 amide bonds. The number of anilines is 1. The number of nitrogens with two attached hydrogens (primary N) is 1. The number of nitrogens with zero attached hydrogens (tertiary/aromatic N) is 2. The zero-order chi connectivity index (χ0) is 15.0. The lowest BCUT2D eigenvalue weighted by Crippen LogP contribution is -2.18. The van der Waals surface area contributed by atoms with Crippen LogP contribution in [0.5, 0.6) is 0 Å². The maximum absolute atomic E-state index is 11.3. The maximum Gasteiger partial charge on any atom is 0.238 e. The summed E-state index contributed by atoms with van der Waals surface area (Å²) >= 11 is 0. The molecule has 2 aromatic rings. The molecule has 1 aliphatic rings. The molecular formula is C14H15N3O3S. The third-order valence-electron chi connectivity index (χ3n) is 3.36. The lowest BCUT2D eigenvalue weighted by atomic mass is 10.1. The summed E-state index contributed by atoms with van der Waals surface area (Å²) in [6.07, 6.45) is 2.40. The van der Waals surface area contributed by atoms with Gasteiger partial charge in [0.05, 0.1) is 16.8 Å². The molecule has 0 aliphatic carbocycles. The van der Waals surface area contributed by atoms with Crippen LogP contribution in [0.1, 0.15) is 25.1 Å². The van der Waals surface area contributed by atoms with Crippen molar-refractivity contribution in [1.29, 1.82) is 0 Å². The largest absolute Gasteiger partial charge is 0.467 e. The van der Waals surface area contributed by atoms with E-state index in [9.17, 15) is 8.42 Å². The monoisotopic (exact) mass is 305 g/mol. The van der Waals surface area contributed by atoms with Crippen molar-refractivity contribution in [2.75, 3.05) is 5.01 Å². The number of hydrogen-bond donors (Lipinski definition) is 1. The van der Waals surface area contributed by atoms with Crippen LogP contribution in [0.3, 0.4) is 0 Å². The van der Waals surface area contributed by atoms with Crippen molar-refractivity contribution in [2.24, 2.45) is 10.2 Å². The SMILES string of the molecule is CC1=NN(c2ccc(S(N)(=O)=O)cc2)C(c2ccco2)C1. The lowest BCUT2D eigenvalue weighted by Gasteiger charge is -2.22. The van der Waals surface area contributed by atoms with Gasteiger partial charge in [-0.15, -0.1) is 0 Å². The van der Waals surface area contributed by atoms with E-state index in [4.69, 9.17) is 9.56 Å². The molecule has 6 nitrogen and oxygen atoms in total. The van der Waals surface area contributed by atoms with Crippen molar-refractivity contribution in [3.05, 3.63) is 48.4 Å². The van der Waals surface area contributed by atoms with Crippen LogP contribution in [0.4, 0.5) is 5.69 Å². The van der Waals surface area contributed by atoms with Gasteiger partial charge in [0.1, 0.15) is 11.8 Å². The Morgan fingerprint density at radius 2 is 2.00 bits per heavy atom. The minimum Gasteiger partial charge on any atom is -0.467 e. The second kappa shape index (κ2) is 5.01. The van der Waals surface area contributed by atoms with Gasteiger partial charge in [-0.05, 0) is 43.3 Å². The highest BCUT2D eigenvalue weighted by Gasteiger charge is 2.29. The van der Waals surface area contributed by atoms with Crippen molar-refractivity contribution < 1.29 is 12.8 Å². The fourth-order valence-electron chi connectivity index (χ4n) is 2.39. The predicted molar refractivity (Wildman–Crippen MR) is 79.5 cm³/mol. The summed E-state index contributed by atoms with van der Waals surface area (Å²) in [5, 5.41) is 11.4. The topological polar surface area (TPSA) is 88.9 Å². The number of hydrazone groups is 1. The van der Waals surface area contributed by atoms with Gasteiger partial charge in [-0.3, -0.25) is 5.01 Å². The van der Waals surface area contributed by atoms with Gasteiger partial charge in [0.25, 0.3) is 0 Å². The van der Waals surface area contributed by atoms with E-state index in [1.807, 2.05) is 24.1 Å². The Morgan fingerprint density at radius 3 is 2.57 bits per heavy atom. The Bertz CT molecular complexity index is 764. The molecule has 1 aliphatic heterocycles. The summed E-state index contributed by atoms with van der Waals surface area (Å²) in [7, 11) is -3.68. The van der Waals surface area contributed by atoms with Gasteiger partial charge in [0, 0.05) is 12.1 Å². The van der Waals surface area contributed by atoms with Crippen molar-refractivity contribution in [3.8, 4) is 0 Å². The van der Waals surface area contributed by atoms with E-state index >= 15 is 0 Å². The van der Waals surface area contributed by atoms with Gasteiger partial charge in [-0.2, -0.15) is 5.10 Å². The summed E-state index contributed by atoms with van der Waals surface area (Å²) in [5.41, 5.74) is 1.78. The van der Waals surface area contributed by atoms with Crippen molar-refractivity contribution in [3.63, 3.8) is 0 Å². The van der Waals surface area contributed by atoms with Crippen LogP contribution in [0.15, 0.2) is 57.1 Å². The molecule has 21 heavy (non-hydrogen) atoms. The van der Waals surface area contributed by atoms with Crippen LogP contribution in [0.2, 0.25) is 0 Å². The molecular weight excluding hydrogens is 290 g/mol. The molecule has 1 atom stereocenters. The van der Waals surface area contributed by atoms with Crippen LogP contribution < -0.4 is 10.1 Å². The highest BCUT2D eigenvalue weighted by molar-refractivity contribution is 7.89. The molecule has 0 spiro atoms. The van der Waals surface area contributed by atoms with E-state index in [0.717, 1.165) is 23.6 Å². The average molecular weight is 305 g/mol. The van der Waals surface area contributed by atoms with Crippen molar-refractivity contribution >= 4 is 21.4 Å². The molecule has 3 rings (SSSR count). The third-order valence-corrected chi connectivity index (χ3v) is 4.29. The molecule has 0 fully saturated rings. The number of hydrogen-bond acceptors (Lipinski definition) is 5. The predicted octanol–water partition coefficient (Wildman–Crippen LogP) is 2.25. The van der Waals surface area contributed by atoms with Gasteiger partial charge in [-0.1, -0.05) is 0 Å². The van der Waals surface area contributed by atoms with Crippen LogP contribution in [0, 0.1) is 0 Å². The van der Waals surface area contributed by atoms with Gasteiger partial charge in [0.2, 0.25) is 10.0 Å². The smallest absolute Gasteiger partial charge is 0.238 e. The molecule has 2 N–H and O–H groups in total. The van der Waals surface area contributed by atoms with Crippen LogP contribution in [-0.2, 0) is 10.0 Å². The number of furan rings is 1. The van der Waals surface area contributed by atoms with Crippen LogP contribution in [-0.4, -0.2) is 14.1 Å². The molecule has 110 valence electrons. The molecule has 0 saturated heterocycles. The summed E-state index contributed by atoms with van der Waals surface area (Å²) in [5.74, 6) is 0.825. The number of primary sulfonamides is 1. The number of benzene rings is 1. The van der Waals surface area contributed by atoms with Gasteiger partial charge in [-0.25, -0.2) is 13.6 Å². The molecule has 1 aromatic heterocycles. The van der Waals surface area contributed by atoms with Crippen LogP contribution in [0.25, 0.3) is 0 Å². The van der Waals surface area contributed by atoms with E-state index in [1.54, 1.807) is 18.4 Å². The Morgan fingerprint density at radius 1 is 1.29 bits per heavy atom. The second-order valence-electron chi connectivity index (χ2n) is 4.95. The molecule has 0 saturated carbocycles. The molecule has 1 aromatic carbocycles. The fraction of sp³-hybridized carbons (Fsp3) is 0.214. The van der Waals surface area contributed by atoms with Crippen molar-refractivity contribution in [1.82, 2.24) is 0 Å². The molecule has 0 radical (unpaired) electrons. The minimum atomic E-state index is -3.68. The summed E-state index contributed by atoms with van der Waals surface area (Å²) in [4.78, 5) is 0.0840. The van der Waals surface area contributed by atoms with E-state index in [1.165, 1.54) is 12.1 Å². The average Bonchev–Trinajstić information content (AvgIpc) is 3.06. The van der Waals surface area contributed by atoms with Gasteiger partial charge in [0.15, 0.2) is 0 Å². The molecule has 2 heterocycles. The first kappa shape index (κ1) is 13.8. The highest BCUT2D eigenvalue weighted by Crippen LogP contribution is 2.35. The summed E-state index contributed by atoms with van der Waals surface area (Å²) in [6, 6.07) is 10.1. The quantitative estimate of drug-likeness (QED) is 0.942. The van der Waals surface area contributed by atoms with E-state index in [-0.39, 0.29) is 10.9 Å².